The molecule has 2 heterocycles. The van der Waals surface area contributed by atoms with Crippen LogP contribution in [0, 0.1) is 5.92 Å². The lowest BCUT2D eigenvalue weighted by Gasteiger charge is -2.25. The normalized spacial score (nSPS) is 32.6. The Labute approximate surface area is 125 Å². The summed E-state index contributed by atoms with van der Waals surface area (Å²) in [6, 6.07) is 1.42. The smallest absolute Gasteiger partial charge is 0.351 e. The van der Waals surface area contributed by atoms with E-state index in [2.05, 4.69) is 16.7 Å². The van der Waals surface area contributed by atoms with Crippen LogP contribution in [0.25, 0.3) is 0 Å². The van der Waals surface area contributed by atoms with E-state index in [-0.39, 0.29) is 5.82 Å². The predicted octanol–water partition coefficient (Wildman–Crippen LogP) is -0.527. The largest absolute Gasteiger partial charge is 0.391 e. The van der Waals surface area contributed by atoms with E-state index in [1.54, 1.807) is 0 Å². The number of aromatic nitrogens is 2. The topological polar surface area (TPSA) is 123 Å². The van der Waals surface area contributed by atoms with E-state index in [1.165, 1.54) is 23.9 Å². The van der Waals surface area contributed by atoms with E-state index < -0.39 is 36.3 Å². The number of nitrogen functional groups attached to an aromatic ring is 1. The molecule has 4 N–H and O–H groups in total. The summed E-state index contributed by atoms with van der Waals surface area (Å²) < 4.78 is 6.72. The number of aliphatic imine (C=N–C) groups is 1. The molecule has 4 atom stereocenters. The molecule has 21 heavy (non-hydrogen) atoms. The van der Waals surface area contributed by atoms with Crippen molar-refractivity contribution in [1.82, 2.24) is 9.55 Å². The van der Waals surface area contributed by atoms with Gasteiger partial charge in [-0.25, -0.2) is 4.79 Å². The van der Waals surface area contributed by atoms with Crippen LogP contribution in [0.3, 0.4) is 0 Å². The van der Waals surface area contributed by atoms with Crippen molar-refractivity contribution in [2.75, 3.05) is 12.3 Å². The number of hydrogen-bond donors (Lipinski definition) is 3. The third-order valence-corrected chi connectivity index (χ3v) is 3.54. The zero-order chi connectivity index (χ0) is 15.6. The molecule has 1 aliphatic rings. The molecule has 1 saturated heterocycles. The number of nitrogens with two attached hydrogens (primary N) is 1. The molecule has 9 heteroatoms. The number of halogens is 1. The zero-order valence-corrected chi connectivity index (χ0v) is 11.7. The number of anilines is 1. The number of hydrogen-bond acceptors (Lipinski definition) is 7. The van der Waals surface area contributed by atoms with Crippen LogP contribution in [0.4, 0.5) is 5.82 Å². The molecule has 0 saturated carbocycles. The highest BCUT2D eigenvalue weighted by atomic mass is 35.5. The van der Waals surface area contributed by atoms with Gasteiger partial charge >= 0.3 is 5.69 Å². The number of aliphatic hydroxyl groups excluding tert-OH is 2. The molecule has 0 amide bonds. The summed E-state index contributed by atoms with van der Waals surface area (Å²) in [4.78, 5) is 19.2. The van der Waals surface area contributed by atoms with E-state index in [1.807, 2.05) is 0 Å². The molecular weight excluding hydrogens is 300 g/mol. The second kappa shape index (κ2) is 5.94. The van der Waals surface area contributed by atoms with Gasteiger partial charge in [0.2, 0.25) is 5.72 Å². The maximum Gasteiger partial charge on any atom is 0.351 e. The third kappa shape index (κ3) is 2.58. The molecule has 1 fully saturated rings. The van der Waals surface area contributed by atoms with Crippen LogP contribution < -0.4 is 11.4 Å². The molecule has 0 spiro atoms. The summed E-state index contributed by atoms with van der Waals surface area (Å²) >= 11 is 5.57. The third-order valence-electron chi connectivity index (χ3n) is 3.40. The minimum Gasteiger partial charge on any atom is -0.391 e. The summed E-state index contributed by atoms with van der Waals surface area (Å²) in [5.74, 6) is -0.655. The summed E-state index contributed by atoms with van der Waals surface area (Å²) in [7, 11) is 0. The number of nitrogens with zero attached hydrogens (tertiary/aromatic N) is 3. The molecule has 0 unspecified atom stereocenters. The Hall–Kier alpha value is -1.74. The van der Waals surface area contributed by atoms with Crippen LogP contribution in [0.2, 0.25) is 0 Å². The first-order valence-electron chi connectivity index (χ1n) is 6.05. The van der Waals surface area contributed by atoms with E-state index in [0.29, 0.717) is 0 Å². The Morgan fingerprint density at radius 3 is 2.95 bits per heavy atom. The van der Waals surface area contributed by atoms with E-state index in [9.17, 15) is 15.0 Å². The molecule has 0 radical (unpaired) electrons. The molecule has 1 aromatic rings. The molecule has 2 rings (SSSR count). The molecule has 0 aromatic carbocycles. The van der Waals surface area contributed by atoms with Crippen molar-refractivity contribution >= 4 is 24.1 Å². The van der Waals surface area contributed by atoms with E-state index in [4.69, 9.17) is 22.1 Å². The lowest BCUT2D eigenvalue weighted by Crippen LogP contribution is -2.42. The van der Waals surface area contributed by atoms with Gasteiger partial charge in [0.1, 0.15) is 18.1 Å². The van der Waals surface area contributed by atoms with Gasteiger partial charge in [-0.3, -0.25) is 9.56 Å². The highest BCUT2D eigenvalue weighted by Crippen LogP contribution is 2.42. The summed E-state index contributed by atoms with van der Waals surface area (Å²) in [6.07, 6.45) is 0.647. The quantitative estimate of drug-likeness (QED) is 0.642. The van der Waals surface area contributed by atoms with Gasteiger partial charge in [-0.2, -0.15) is 4.98 Å². The fourth-order valence-electron chi connectivity index (χ4n) is 2.27. The standard InChI is InChI=1S/C12H15ClN4O4/c1-15-12(6-18)9(19)7(2-4-13)10(21-12)17-5-3-8(14)16-11(17)20/h2-5,7,9-10,18-19H,1,6H2,(H2,14,16,20)/t7-,9-,10+,12+/m0/s1. The van der Waals surface area contributed by atoms with Gasteiger partial charge in [-0.15, -0.1) is 0 Å². The lowest BCUT2D eigenvalue weighted by atomic mass is 9.96. The minimum absolute atomic E-state index is 0.0644. The van der Waals surface area contributed by atoms with Crippen LogP contribution in [0.5, 0.6) is 0 Å². The number of ether oxygens (including phenoxy) is 1. The lowest BCUT2D eigenvalue weighted by molar-refractivity contribution is -0.122. The number of rotatable bonds is 4. The fourth-order valence-corrected chi connectivity index (χ4v) is 2.44. The monoisotopic (exact) mass is 314 g/mol. The highest BCUT2D eigenvalue weighted by Gasteiger charge is 2.54. The Balaban J connectivity index is 2.50. The maximum absolute atomic E-state index is 11.9. The Kier molecular flexibility index (Phi) is 4.43. The van der Waals surface area contributed by atoms with Crippen molar-refractivity contribution in [2.24, 2.45) is 10.9 Å². The average Bonchev–Trinajstić information content (AvgIpc) is 2.74. The van der Waals surface area contributed by atoms with Gasteiger partial charge in [-0.1, -0.05) is 17.7 Å². The predicted molar refractivity (Wildman–Crippen MR) is 76.9 cm³/mol. The Morgan fingerprint density at radius 1 is 1.71 bits per heavy atom. The summed E-state index contributed by atoms with van der Waals surface area (Å²) in [6.45, 7) is 2.72. The highest BCUT2D eigenvalue weighted by molar-refractivity contribution is 6.25. The minimum atomic E-state index is -1.63. The number of aliphatic hydroxyl groups is 2. The molecule has 114 valence electrons. The van der Waals surface area contributed by atoms with Crippen LogP contribution >= 0.6 is 11.6 Å². The maximum atomic E-state index is 11.9. The van der Waals surface area contributed by atoms with Crippen LogP contribution in [-0.2, 0) is 4.74 Å². The SMILES string of the molecule is C=N[C@]1(CO)O[C@@H](n2ccc(N)nc2=O)[C@@H](C=CCl)[C@@H]1O. The van der Waals surface area contributed by atoms with Gasteiger partial charge in [0.05, 0.1) is 12.5 Å². The van der Waals surface area contributed by atoms with Gasteiger partial charge < -0.3 is 20.7 Å². The van der Waals surface area contributed by atoms with Crippen molar-refractivity contribution < 1.29 is 14.9 Å². The van der Waals surface area contributed by atoms with Crippen molar-refractivity contribution in [2.45, 2.75) is 18.1 Å². The van der Waals surface area contributed by atoms with Crippen molar-refractivity contribution in [3.8, 4) is 0 Å². The first-order chi connectivity index (χ1) is 9.99. The Bertz CT molecular complexity index is 620. The van der Waals surface area contributed by atoms with E-state index >= 15 is 0 Å². The van der Waals surface area contributed by atoms with Crippen molar-refractivity contribution in [1.29, 1.82) is 0 Å². The van der Waals surface area contributed by atoms with Crippen molar-refractivity contribution in [3.05, 3.63) is 34.4 Å². The van der Waals surface area contributed by atoms with Gasteiger partial charge in [0.15, 0.2) is 0 Å². The summed E-state index contributed by atoms with van der Waals surface area (Å²) in [5.41, 5.74) is 4.34. The van der Waals surface area contributed by atoms with Gasteiger partial charge in [0.25, 0.3) is 0 Å². The van der Waals surface area contributed by atoms with Crippen LogP contribution in [0.1, 0.15) is 6.23 Å². The molecule has 0 aliphatic carbocycles. The first kappa shape index (κ1) is 15.6. The van der Waals surface area contributed by atoms with Gasteiger partial charge in [0, 0.05) is 11.7 Å². The molecular formula is C12H15ClN4O4. The average molecular weight is 315 g/mol. The molecule has 8 nitrogen and oxygen atoms in total. The van der Waals surface area contributed by atoms with Crippen LogP contribution in [0.15, 0.2) is 33.7 Å². The zero-order valence-electron chi connectivity index (χ0n) is 11.0. The second-order valence-electron chi connectivity index (χ2n) is 4.55. The Morgan fingerprint density at radius 2 is 2.43 bits per heavy atom. The molecule has 1 aromatic heterocycles. The van der Waals surface area contributed by atoms with Crippen molar-refractivity contribution in [3.63, 3.8) is 0 Å². The van der Waals surface area contributed by atoms with Crippen LogP contribution in [-0.4, -0.2) is 44.9 Å². The molecule has 0 bridgehead atoms. The molecule has 1 aliphatic heterocycles. The van der Waals surface area contributed by atoms with E-state index in [0.717, 1.165) is 4.57 Å². The summed E-state index contributed by atoms with van der Waals surface area (Å²) in [5, 5.41) is 19.8. The second-order valence-corrected chi connectivity index (χ2v) is 4.80. The first-order valence-corrected chi connectivity index (χ1v) is 6.49. The fraction of sp³-hybridized carbons (Fsp3) is 0.417. The van der Waals surface area contributed by atoms with Gasteiger partial charge in [-0.05, 0) is 12.8 Å².